The van der Waals surface area contributed by atoms with Crippen molar-refractivity contribution in [2.45, 2.75) is 57.6 Å². The Kier molecular flexibility index (Phi) is 6.79. The van der Waals surface area contributed by atoms with Crippen molar-refractivity contribution in [1.82, 2.24) is 15.2 Å². The number of likely N-dealkylation sites (tertiary alicyclic amines) is 1. The summed E-state index contributed by atoms with van der Waals surface area (Å²) in [6, 6.07) is 12.1. The van der Waals surface area contributed by atoms with Crippen LogP contribution in [0.25, 0.3) is 0 Å². The van der Waals surface area contributed by atoms with Crippen molar-refractivity contribution in [3.8, 4) is 0 Å². The summed E-state index contributed by atoms with van der Waals surface area (Å²) in [5.74, 6) is -0.894. The maximum Gasteiger partial charge on any atom is 0.247 e. The molecule has 176 valence electrons. The van der Waals surface area contributed by atoms with Crippen molar-refractivity contribution >= 4 is 11.8 Å². The number of ether oxygens (including phenoxy) is 1. The van der Waals surface area contributed by atoms with Gasteiger partial charge in [0.2, 0.25) is 11.8 Å². The van der Waals surface area contributed by atoms with Crippen LogP contribution in [0.4, 0.5) is 4.39 Å². The molecular weight excluding hydrogens is 421 g/mol. The highest BCUT2D eigenvalue weighted by molar-refractivity contribution is 5.91. The second-order valence-electron chi connectivity index (χ2n) is 9.90. The molecule has 7 heteroatoms. The van der Waals surface area contributed by atoms with Crippen LogP contribution in [0.15, 0.2) is 48.7 Å². The van der Waals surface area contributed by atoms with Gasteiger partial charge in [-0.3, -0.25) is 14.6 Å². The third-order valence-corrected chi connectivity index (χ3v) is 6.86. The summed E-state index contributed by atoms with van der Waals surface area (Å²) in [7, 11) is 0. The molecule has 0 aliphatic carbocycles. The van der Waals surface area contributed by atoms with E-state index in [2.05, 4.69) is 10.3 Å². The number of benzene rings is 1. The van der Waals surface area contributed by atoms with E-state index in [-0.39, 0.29) is 29.8 Å². The van der Waals surface area contributed by atoms with Gasteiger partial charge >= 0.3 is 0 Å². The van der Waals surface area contributed by atoms with Gasteiger partial charge in [-0.2, -0.15) is 0 Å². The molecule has 0 bridgehead atoms. The van der Waals surface area contributed by atoms with Crippen molar-refractivity contribution in [3.63, 3.8) is 0 Å². The molecule has 0 saturated carbocycles. The first kappa shape index (κ1) is 23.4. The Labute approximate surface area is 194 Å². The second kappa shape index (κ2) is 9.59. The Balaban J connectivity index is 1.28. The van der Waals surface area contributed by atoms with Crippen LogP contribution in [0.2, 0.25) is 0 Å². The summed E-state index contributed by atoms with van der Waals surface area (Å²) < 4.78 is 20.0. The summed E-state index contributed by atoms with van der Waals surface area (Å²) in [5, 5.41) is 2.80. The van der Waals surface area contributed by atoms with E-state index < -0.39 is 11.4 Å². The number of amides is 2. The molecule has 6 nitrogen and oxygen atoms in total. The van der Waals surface area contributed by atoms with Crippen molar-refractivity contribution in [2.75, 3.05) is 19.7 Å². The molecule has 0 radical (unpaired) electrons. The van der Waals surface area contributed by atoms with E-state index >= 15 is 0 Å². The Bertz CT molecular complexity index is 987. The third kappa shape index (κ3) is 5.58. The number of carbonyl (C=O) groups excluding carboxylic acids is 2. The minimum absolute atomic E-state index is 0.0957. The summed E-state index contributed by atoms with van der Waals surface area (Å²) in [6.07, 6.45) is 5.44. The molecule has 1 aromatic heterocycles. The highest BCUT2D eigenvalue weighted by Gasteiger charge is 2.44. The number of carbonyl (C=O) groups is 2. The molecule has 1 spiro atoms. The molecule has 33 heavy (non-hydrogen) atoms. The predicted molar refractivity (Wildman–Crippen MR) is 123 cm³/mol. The zero-order chi connectivity index (χ0) is 23.5. The predicted octanol–water partition coefficient (Wildman–Crippen LogP) is 3.30. The lowest BCUT2D eigenvalue weighted by molar-refractivity contribution is -0.142. The van der Waals surface area contributed by atoms with Crippen molar-refractivity contribution in [2.24, 2.45) is 5.41 Å². The normalized spacial score (nSPS) is 20.1. The fourth-order valence-electron chi connectivity index (χ4n) is 4.97. The lowest BCUT2D eigenvalue weighted by Gasteiger charge is -2.41. The zero-order valence-electron chi connectivity index (χ0n) is 19.4. The molecule has 0 unspecified atom stereocenters. The minimum Gasteiger partial charge on any atom is -0.377 e. The summed E-state index contributed by atoms with van der Waals surface area (Å²) >= 11 is 0. The maximum absolute atomic E-state index is 13.9. The number of hydrogen-bond donors (Lipinski definition) is 1. The lowest BCUT2D eigenvalue weighted by atomic mass is 9.76. The standard InChI is InChI=1S/C26H32FN3O3/c1-25(2,29-23(31)15-19-7-3-4-9-22(19)27)24(32)30-13-10-26(11-14-30)17-21(33-18-26)16-20-8-5-6-12-28-20/h3-9,12,21H,10-11,13-18H2,1-2H3,(H,29,31)/t21-/m1/s1. The molecule has 1 N–H and O–H groups in total. The monoisotopic (exact) mass is 453 g/mol. The smallest absolute Gasteiger partial charge is 0.247 e. The fourth-order valence-corrected chi connectivity index (χ4v) is 4.97. The van der Waals surface area contributed by atoms with Crippen LogP contribution >= 0.6 is 0 Å². The van der Waals surface area contributed by atoms with Crippen molar-refractivity contribution < 1.29 is 18.7 Å². The Hall–Kier alpha value is -2.80. The highest BCUT2D eigenvalue weighted by Crippen LogP contribution is 2.42. The number of halogens is 1. The number of piperidine rings is 1. The number of nitrogens with one attached hydrogen (secondary N) is 1. The molecule has 2 aliphatic heterocycles. The lowest BCUT2D eigenvalue weighted by Crippen LogP contribution is -2.58. The van der Waals surface area contributed by atoms with Gasteiger partial charge in [0.15, 0.2) is 0 Å². The maximum atomic E-state index is 13.9. The fraction of sp³-hybridized carbons (Fsp3) is 0.500. The number of nitrogens with zero attached hydrogens (tertiary/aromatic N) is 2. The number of aromatic nitrogens is 1. The number of rotatable bonds is 6. The van der Waals surface area contributed by atoms with Crippen LogP contribution < -0.4 is 5.32 Å². The van der Waals surface area contributed by atoms with Gasteiger partial charge < -0.3 is 15.0 Å². The molecule has 2 saturated heterocycles. The van der Waals surface area contributed by atoms with Gasteiger partial charge in [0.1, 0.15) is 11.4 Å². The summed E-state index contributed by atoms with van der Waals surface area (Å²) in [6.45, 7) is 5.42. The first-order valence-electron chi connectivity index (χ1n) is 11.6. The van der Waals surface area contributed by atoms with E-state index in [1.165, 1.54) is 6.07 Å². The molecule has 2 fully saturated rings. The first-order chi connectivity index (χ1) is 15.8. The topological polar surface area (TPSA) is 71.5 Å². The number of hydrogen-bond acceptors (Lipinski definition) is 4. The van der Waals surface area contributed by atoms with Crippen LogP contribution in [-0.4, -0.2) is 53.0 Å². The van der Waals surface area contributed by atoms with E-state index in [9.17, 15) is 14.0 Å². The second-order valence-corrected chi connectivity index (χ2v) is 9.90. The zero-order valence-corrected chi connectivity index (χ0v) is 19.4. The summed E-state index contributed by atoms with van der Waals surface area (Å²) in [4.78, 5) is 31.9. The van der Waals surface area contributed by atoms with Gasteiger partial charge in [0, 0.05) is 31.4 Å². The van der Waals surface area contributed by atoms with E-state index in [0.717, 1.165) is 38.0 Å². The molecule has 2 aromatic rings. The van der Waals surface area contributed by atoms with Gasteiger partial charge in [0.05, 0.1) is 19.1 Å². The van der Waals surface area contributed by atoms with Gasteiger partial charge in [-0.05, 0) is 62.3 Å². The van der Waals surface area contributed by atoms with Crippen LogP contribution in [0.3, 0.4) is 0 Å². The minimum atomic E-state index is -1.06. The quantitative estimate of drug-likeness (QED) is 0.729. The average Bonchev–Trinajstić information content (AvgIpc) is 3.17. The SMILES string of the molecule is CC(C)(NC(=O)Cc1ccccc1F)C(=O)N1CCC2(CC1)CO[C@H](Cc1ccccn1)C2. The van der Waals surface area contributed by atoms with Crippen molar-refractivity contribution in [3.05, 3.63) is 65.7 Å². The molecule has 1 aromatic carbocycles. The Morgan fingerprint density at radius 2 is 1.91 bits per heavy atom. The van der Waals surface area contributed by atoms with Gasteiger partial charge in [0.25, 0.3) is 0 Å². The number of pyridine rings is 1. The molecule has 1 atom stereocenters. The van der Waals surface area contributed by atoms with E-state index in [4.69, 9.17) is 4.74 Å². The van der Waals surface area contributed by atoms with E-state index in [0.29, 0.717) is 18.7 Å². The van der Waals surface area contributed by atoms with Gasteiger partial charge in [-0.15, -0.1) is 0 Å². The van der Waals surface area contributed by atoms with Crippen LogP contribution in [0.1, 0.15) is 44.4 Å². The van der Waals surface area contributed by atoms with E-state index in [1.807, 2.05) is 23.1 Å². The first-order valence-corrected chi connectivity index (χ1v) is 11.6. The van der Waals surface area contributed by atoms with Gasteiger partial charge in [-0.1, -0.05) is 24.3 Å². The highest BCUT2D eigenvalue weighted by atomic mass is 19.1. The summed E-state index contributed by atoms with van der Waals surface area (Å²) in [5.41, 5.74) is 0.411. The van der Waals surface area contributed by atoms with Crippen LogP contribution in [0, 0.1) is 11.2 Å². The molecule has 2 amide bonds. The van der Waals surface area contributed by atoms with Gasteiger partial charge in [-0.25, -0.2) is 4.39 Å². The molecule has 4 rings (SSSR count). The Morgan fingerprint density at radius 1 is 1.18 bits per heavy atom. The van der Waals surface area contributed by atoms with Crippen LogP contribution in [-0.2, 0) is 27.2 Å². The van der Waals surface area contributed by atoms with E-state index in [1.54, 1.807) is 38.2 Å². The third-order valence-electron chi connectivity index (χ3n) is 6.86. The van der Waals surface area contributed by atoms with Crippen molar-refractivity contribution in [1.29, 1.82) is 0 Å². The van der Waals surface area contributed by atoms with Crippen LogP contribution in [0.5, 0.6) is 0 Å². The molecule has 3 heterocycles. The molecular formula is C26H32FN3O3. The largest absolute Gasteiger partial charge is 0.377 e. The molecule has 2 aliphatic rings. The Morgan fingerprint density at radius 3 is 2.61 bits per heavy atom. The average molecular weight is 454 g/mol.